The van der Waals surface area contributed by atoms with E-state index in [4.69, 9.17) is 24.8 Å². The van der Waals surface area contributed by atoms with Gasteiger partial charge in [-0.3, -0.25) is 9.59 Å². The molecule has 0 heterocycles. The first-order valence-corrected chi connectivity index (χ1v) is 15.3. The molecule has 1 atom stereocenters. The first-order valence-electron chi connectivity index (χ1n) is 15.3. The van der Waals surface area contributed by atoms with Crippen LogP contribution in [0.5, 0.6) is 0 Å². The van der Waals surface area contributed by atoms with E-state index in [1.807, 2.05) is 14.1 Å². The molecule has 9 heteroatoms. The van der Waals surface area contributed by atoms with Gasteiger partial charge in [-0.05, 0) is 38.5 Å². The topological polar surface area (TPSA) is 118 Å². The average molecular weight is 561 g/mol. The highest BCUT2D eigenvalue weighted by Crippen LogP contribution is 2.11. The van der Waals surface area contributed by atoms with E-state index in [9.17, 15) is 9.59 Å². The van der Waals surface area contributed by atoms with Gasteiger partial charge in [-0.1, -0.05) is 50.7 Å². The number of nitrogens with zero attached hydrogens (tertiary/aromatic N) is 1. The second kappa shape index (κ2) is 26.7. The normalized spacial score (nSPS) is 12.6. The van der Waals surface area contributed by atoms with Crippen LogP contribution in [0.4, 0.5) is 0 Å². The van der Waals surface area contributed by atoms with Crippen molar-refractivity contribution < 1.29 is 43.8 Å². The smallest absolute Gasteiger partial charge is 0.305 e. The zero-order valence-corrected chi connectivity index (χ0v) is 25.0. The fourth-order valence-corrected chi connectivity index (χ4v) is 4.36. The molecule has 1 unspecified atom stereocenters. The summed E-state index contributed by atoms with van der Waals surface area (Å²) < 4.78 is 11.1. The van der Waals surface area contributed by atoms with Crippen molar-refractivity contribution in [3.63, 3.8) is 0 Å². The fraction of sp³-hybridized carbons (Fsp3) is 0.867. The number of unbranched alkanes of at least 4 members (excludes halogenated alkanes) is 10. The van der Waals surface area contributed by atoms with Crippen molar-refractivity contribution in [3.05, 3.63) is 12.2 Å². The number of aliphatic hydroxyl groups excluding tert-OH is 3. The molecule has 230 valence electrons. The summed E-state index contributed by atoms with van der Waals surface area (Å²) in [6.45, 7) is 4.11. The number of aliphatic hydroxyl groups is 3. The Morgan fingerprint density at radius 1 is 0.641 bits per heavy atom. The third kappa shape index (κ3) is 25.2. The number of ether oxygens (including phenoxy) is 2. The molecule has 0 bridgehead atoms. The van der Waals surface area contributed by atoms with Crippen LogP contribution in [0, 0.1) is 0 Å². The molecule has 9 nitrogen and oxygen atoms in total. The van der Waals surface area contributed by atoms with E-state index >= 15 is 0 Å². The summed E-state index contributed by atoms with van der Waals surface area (Å²) in [4.78, 5) is 24.8. The fourth-order valence-electron chi connectivity index (χ4n) is 4.36. The van der Waals surface area contributed by atoms with E-state index < -0.39 is 0 Å². The van der Waals surface area contributed by atoms with Crippen LogP contribution >= 0.6 is 0 Å². The number of hydrogen-bond donors (Lipinski definition) is 4. The molecule has 0 rings (SSSR count). The molecule has 0 radical (unpaired) electrons. The minimum Gasteiger partial charge on any atom is -0.460 e. The molecule has 0 saturated heterocycles. The summed E-state index contributed by atoms with van der Waals surface area (Å²) in [5, 5.41) is 27.2. The van der Waals surface area contributed by atoms with Gasteiger partial charge in [0, 0.05) is 12.8 Å². The lowest BCUT2D eigenvalue weighted by Crippen LogP contribution is -3.10. The van der Waals surface area contributed by atoms with Crippen molar-refractivity contribution in [3.8, 4) is 0 Å². The molecular weight excluding hydrogens is 500 g/mol. The predicted octanol–water partition coefficient (Wildman–Crippen LogP) is 2.03. The van der Waals surface area contributed by atoms with Crippen LogP contribution in [0.2, 0.25) is 0 Å². The Bertz CT molecular complexity index is 610. The summed E-state index contributed by atoms with van der Waals surface area (Å²) in [6.07, 6.45) is 18.7. The summed E-state index contributed by atoms with van der Waals surface area (Å²) in [6, 6.07) is 0. The van der Waals surface area contributed by atoms with Crippen molar-refractivity contribution >= 4 is 11.9 Å². The number of rotatable bonds is 28. The summed E-state index contributed by atoms with van der Waals surface area (Å²) in [5.41, 5.74) is 0. The minimum atomic E-state index is -0.157. The molecular formula is C30H60N2O7+2. The second-order valence-electron chi connectivity index (χ2n) is 10.9. The minimum absolute atomic E-state index is 0.0519. The van der Waals surface area contributed by atoms with Crippen molar-refractivity contribution in [1.82, 2.24) is 0 Å². The Labute approximate surface area is 237 Å². The number of carbonyl (C=O) groups is 2. The van der Waals surface area contributed by atoms with E-state index in [0.717, 1.165) is 62.8 Å². The van der Waals surface area contributed by atoms with Gasteiger partial charge in [0.15, 0.2) is 0 Å². The van der Waals surface area contributed by atoms with Gasteiger partial charge < -0.3 is 34.2 Å². The highest BCUT2D eigenvalue weighted by Gasteiger charge is 2.20. The van der Waals surface area contributed by atoms with E-state index in [1.54, 1.807) is 0 Å². The highest BCUT2D eigenvalue weighted by atomic mass is 16.5. The standard InChI is InChI=1S/C30H59N2O7/c1-31(19-24-33)20-27-38-29(36)17-15-13-11-9-7-5-3-4-6-8-10-12-14-16-18-30(37)39-28-23-32(2,21-25-34)22-26-35/h3-4,33-35H,5-28H2,1-2H3/q+1/p+1/b4-3+. The molecule has 0 saturated carbocycles. The Morgan fingerprint density at radius 3 is 1.59 bits per heavy atom. The van der Waals surface area contributed by atoms with Crippen LogP contribution in [-0.2, 0) is 19.1 Å². The molecule has 0 amide bonds. The van der Waals surface area contributed by atoms with Crippen LogP contribution in [0.25, 0.3) is 0 Å². The van der Waals surface area contributed by atoms with E-state index in [-0.39, 0.29) is 31.8 Å². The maximum Gasteiger partial charge on any atom is 0.305 e. The third-order valence-electron chi connectivity index (χ3n) is 7.17. The van der Waals surface area contributed by atoms with Gasteiger partial charge in [0.25, 0.3) is 0 Å². The Balaban J connectivity index is 3.46. The number of carbonyl (C=O) groups excluding carboxylic acids is 2. The molecule has 0 fully saturated rings. The summed E-state index contributed by atoms with van der Waals surface area (Å²) >= 11 is 0. The lowest BCUT2D eigenvalue weighted by molar-refractivity contribution is -0.910. The number of esters is 2. The average Bonchev–Trinajstić information content (AvgIpc) is 2.88. The van der Waals surface area contributed by atoms with Gasteiger partial charge in [0.1, 0.15) is 45.9 Å². The number of hydrogen-bond acceptors (Lipinski definition) is 7. The zero-order valence-electron chi connectivity index (χ0n) is 25.0. The molecule has 39 heavy (non-hydrogen) atoms. The predicted molar refractivity (Wildman–Crippen MR) is 154 cm³/mol. The van der Waals surface area contributed by atoms with Gasteiger partial charge in [0.05, 0.1) is 33.9 Å². The number of nitrogens with one attached hydrogen (secondary N) is 1. The monoisotopic (exact) mass is 560 g/mol. The van der Waals surface area contributed by atoms with Gasteiger partial charge in [-0.25, -0.2) is 0 Å². The van der Waals surface area contributed by atoms with Crippen LogP contribution in [0.3, 0.4) is 0 Å². The Kier molecular flexibility index (Phi) is 25.6. The lowest BCUT2D eigenvalue weighted by atomic mass is 10.1. The lowest BCUT2D eigenvalue weighted by Gasteiger charge is -2.33. The molecule has 0 aromatic rings. The van der Waals surface area contributed by atoms with Crippen molar-refractivity contribution in [2.75, 3.05) is 79.9 Å². The largest absolute Gasteiger partial charge is 0.460 e. The molecule has 4 N–H and O–H groups in total. The van der Waals surface area contributed by atoms with E-state index in [2.05, 4.69) is 12.2 Å². The van der Waals surface area contributed by atoms with Crippen LogP contribution in [0.15, 0.2) is 12.2 Å². The van der Waals surface area contributed by atoms with Crippen molar-refractivity contribution in [2.45, 2.75) is 89.9 Å². The Hall–Kier alpha value is -1.52. The molecule has 0 aromatic carbocycles. The molecule has 0 aliphatic carbocycles. The van der Waals surface area contributed by atoms with Crippen molar-refractivity contribution in [1.29, 1.82) is 0 Å². The third-order valence-corrected chi connectivity index (χ3v) is 7.17. The van der Waals surface area contributed by atoms with Crippen molar-refractivity contribution in [2.24, 2.45) is 0 Å². The first kappa shape index (κ1) is 37.5. The maximum atomic E-state index is 11.9. The maximum absolute atomic E-state index is 11.9. The van der Waals surface area contributed by atoms with Gasteiger partial charge in [-0.2, -0.15) is 0 Å². The zero-order chi connectivity index (χ0) is 29.0. The van der Waals surface area contributed by atoms with Crippen LogP contribution in [-0.4, -0.2) is 112 Å². The van der Waals surface area contributed by atoms with Crippen LogP contribution < -0.4 is 4.90 Å². The summed E-state index contributed by atoms with van der Waals surface area (Å²) in [5.74, 6) is -0.267. The van der Waals surface area contributed by atoms with Crippen LogP contribution in [0.1, 0.15) is 89.9 Å². The summed E-state index contributed by atoms with van der Waals surface area (Å²) in [7, 11) is 3.93. The van der Waals surface area contributed by atoms with E-state index in [0.29, 0.717) is 56.7 Å². The number of allylic oxidation sites excluding steroid dienone is 2. The highest BCUT2D eigenvalue weighted by molar-refractivity contribution is 5.69. The first-order chi connectivity index (χ1) is 18.9. The van der Waals surface area contributed by atoms with Gasteiger partial charge >= 0.3 is 11.9 Å². The Morgan fingerprint density at radius 2 is 1.10 bits per heavy atom. The molecule has 0 spiro atoms. The molecule has 0 aliphatic rings. The van der Waals surface area contributed by atoms with Gasteiger partial charge in [-0.15, -0.1) is 0 Å². The quantitative estimate of drug-likeness (QED) is 0.0501. The SMILES string of the molecule is C[NH+](CCO)CCOC(=O)CCCCCCC/C=C/CCCCCCCC(=O)OCC[N+](C)(CCO)CCO. The van der Waals surface area contributed by atoms with Gasteiger partial charge in [0.2, 0.25) is 0 Å². The second-order valence-corrected chi connectivity index (χ2v) is 10.9. The number of likely N-dealkylation sites (N-methyl/N-ethyl adjacent to an activating group) is 2. The van der Waals surface area contributed by atoms with E-state index in [1.165, 1.54) is 25.7 Å². The number of quaternary nitrogens is 2. The molecule has 0 aliphatic heterocycles. The molecule has 0 aromatic heterocycles.